The highest BCUT2D eigenvalue weighted by Crippen LogP contribution is 2.19. The Balaban J connectivity index is 1.98. The summed E-state index contributed by atoms with van der Waals surface area (Å²) in [6.45, 7) is 9.20. The van der Waals surface area contributed by atoms with E-state index in [1.54, 1.807) is 6.26 Å². The van der Waals surface area contributed by atoms with Crippen molar-refractivity contribution in [2.45, 2.75) is 33.9 Å². The number of rotatable bonds is 7. The van der Waals surface area contributed by atoms with E-state index in [0.717, 1.165) is 25.4 Å². The lowest BCUT2D eigenvalue weighted by molar-refractivity contribution is 0.460. The highest BCUT2D eigenvalue weighted by atomic mass is 16.3. The maximum absolute atomic E-state index is 5.62. The van der Waals surface area contributed by atoms with Gasteiger partial charge in [-0.25, -0.2) is 0 Å². The van der Waals surface area contributed by atoms with Crippen molar-refractivity contribution >= 4 is 5.69 Å². The Morgan fingerprint density at radius 3 is 2.76 bits per heavy atom. The molecule has 21 heavy (non-hydrogen) atoms. The van der Waals surface area contributed by atoms with Gasteiger partial charge in [-0.05, 0) is 43.1 Å². The first kappa shape index (κ1) is 15.6. The molecule has 3 nitrogen and oxygen atoms in total. The van der Waals surface area contributed by atoms with Crippen LogP contribution < -0.4 is 10.2 Å². The zero-order valence-corrected chi connectivity index (χ0v) is 13.5. The molecule has 0 saturated carbocycles. The van der Waals surface area contributed by atoms with Gasteiger partial charge >= 0.3 is 0 Å². The fourth-order valence-electron chi connectivity index (χ4n) is 2.35. The SMILES string of the molecule is Cc1cccc(N(C)Cc2ccoc2CNCC(C)C)c1. The number of hydrogen-bond acceptors (Lipinski definition) is 3. The first-order chi connectivity index (χ1) is 10.1. The lowest BCUT2D eigenvalue weighted by atomic mass is 10.2. The van der Waals surface area contributed by atoms with Gasteiger partial charge in [-0.2, -0.15) is 0 Å². The molecule has 2 aromatic rings. The second-order valence-corrected chi connectivity index (χ2v) is 6.09. The van der Waals surface area contributed by atoms with Gasteiger partial charge in [-0.3, -0.25) is 0 Å². The Kier molecular flexibility index (Phi) is 5.45. The molecule has 3 heteroatoms. The average molecular weight is 286 g/mol. The van der Waals surface area contributed by atoms with E-state index in [1.165, 1.54) is 16.8 Å². The Labute approximate surface area is 128 Å². The molecule has 0 fully saturated rings. The van der Waals surface area contributed by atoms with Gasteiger partial charge in [0.15, 0.2) is 0 Å². The van der Waals surface area contributed by atoms with Crippen LogP contribution in [0.3, 0.4) is 0 Å². The van der Waals surface area contributed by atoms with Crippen molar-refractivity contribution < 1.29 is 4.42 Å². The van der Waals surface area contributed by atoms with Crippen LogP contribution in [0.5, 0.6) is 0 Å². The van der Waals surface area contributed by atoms with E-state index in [4.69, 9.17) is 4.42 Å². The maximum Gasteiger partial charge on any atom is 0.122 e. The molecule has 0 aliphatic carbocycles. The second-order valence-electron chi connectivity index (χ2n) is 6.09. The zero-order valence-electron chi connectivity index (χ0n) is 13.5. The van der Waals surface area contributed by atoms with Crippen molar-refractivity contribution in [1.29, 1.82) is 0 Å². The van der Waals surface area contributed by atoms with Crippen molar-refractivity contribution in [3.63, 3.8) is 0 Å². The number of nitrogens with one attached hydrogen (secondary N) is 1. The van der Waals surface area contributed by atoms with Crippen LogP contribution in [0.1, 0.15) is 30.7 Å². The van der Waals surface area contributed by atoms with Crippen LogP contribution in [0.4, 0.5) is 5.69 Å². The summed E-state index contributed by atoms with van der Waals surface area (Å²) in [6, 6.07) is 10.6. The van der Waals surface area contributed by atoms with Gasteiger partial charge in [-0.1, -0.05) is 26.0 Å². The van der Waals surface area contributed by atoms with Crippen molar-refractivity contribution in [2.24, 2.45) is 5.92 Å². The normalized spacial score (nSPS) is 11.1. The number of anilines is 1. The molecule has 1 aromatic heterocycles. The quantitative estimate of drug-likeness (QED) is 0.835. The van der Waals surface area contributed by atoms with E-state index >= 15 is 0 Å². The molecule has 1 N–H and O–H groups in total. The molecular formula is C18H26N2O. The fraction of sp³-hybridized carbons (Fsp3) is 0.444. The lowest BCUT2D eigenvalue weighted by Gasteiger charge is -2.20. The average Bonchev–Trinajstić information content (AvgIpc) is 2.86. The maximum atomic E-state index is 5.62. The molecule has 0 bridgehead atoms. The molecule has 1 aromatic carbocycles. The van der Waals surface area contributed by atoms with Crippen LogP contribution >= 0.6 is 0 Å². The second kappa shape index (κ2) is 7.32. The van der Waals surface area contributed by atoms with Crippen molar-refractivity contribution in [2.75, 3.05) is 18.5 Å². The Morgan fingerprint density at radius 1 is 1.24 bits per heavy atom. The van der Waals surface area contributed by atoms with Crippen LogP contribution in [0, 0.1) is 12.8 Å². The minimum absolute atomic E-state index is 0.651. The molecule has 0 saturated heterocycles. The molecule has 0 unspecified atom stereocenters. The summed E-state index contributed by atoms with van der Waals surface area (Å²) < 4.78 is 5.62. The van der Waals surface area contributed by atoms with Crippen LogP contribution in [0.15, 0.2) is 41.0 Å². The summed E-state index contributed by atoms with van der Waals surface area (Å²) in [5.41, 5.74) is 3.76. The van der Waals surface area contributed by atoms with Crippen molar-refractivity contribution in [3.8, 4) is 0 Å². The van der Waals surface area contributed by atoms with Gasteiger partial charge < -0.3 is 14.6 Å². The van der Waals surface area contributed by atoms with E-state index in [0.29, 0.717) is 5.92 Å². The van der Waals surface area contributed by atoms with Gasteiger partial charge in [-0.15, -0.1) is 0 Å². The summed E-state index contributed by atoms with van der Waals surface area (Å²) in [5, 5.41) is 3.44. The van der Waals surface area contributed by atoms with Gasteiger partial charge in [0.2, 0.25) is 0 Å². The Bertz CT molecular complexity index is 560. The largest absolute Gasteiger partial charge is 0.468 e. The van der Waals surface area contributed by atoms with Crippen molar-refractivity contribution in [1.82, 2.24) is 5.32 Å². The molecule has 0 radical (unpaired) electrons. The molecule has 114 valence electrons. The number of benzene rings is 1. The lowest BCUT2D eigenvalue weighted by Crippen LogP contribution is -2.21. The molecule has 0 aliphatic rings. The van der Waals surface area contributed by atoms with Crippen LogP contribution in [-0.2, 0) is 13.1 Å². The van der Waals surface area contributed by atoms with Crippen LogP contribution in [-0.4, -0.2) is 13.6 Å². The molecule has 0 spiro atoms. The highest BCUT2D eigenvalue weighted by molar-refractivity contribution is 5.48. The molecule has 1 heterocycles. The van der Waals surface area contributed by atoms with E-state index in [-0.39, 0.29) is 0 Å². The number of furan rings is 1. The topological polar surface area (TPSA) is 28.4 Å². The summed E-state index contributed by atoms with van der Waals surface area (Å²) in [4.78, 5) is 2.25. The van der Waals surface area contributed by atoms with E-state index in [2.05, 4.69) is 68.4 Å². The fourth-order valence-corrected chi connectivity index (χ4v) is 2.35. The summed E-state index contributed by atoms with van der Waals surface area (Å²) in [6.07, 6.45) is 1.78. The summed E-state index contributed by atoms with van der Waals surface area (Å²) in [7, 11) is 2.12. The predicted molar refractivity (Wildman–Crippen MR) is 88.5 cm³/mol. The standard InChI is InChI=1S/C18H26N2O/c1-14(2)11-19-12-18-16(8-9-21-18)13-20(4)17-7-5-6-15(3)10-17/h5-10,14,19H,11-13H2,1-4H3. The number of aryl methyl sites for hydroxylation is 1. The first-order valence-electron chi connectivity index (χ1n) is 7.60. The predicted octanol–water partition coefficient (Wildman–Crippen LogP) is 3.97. The van der Waals surface area contributed by atoms with E-state index in [1.807, 2.05) is 0 Å². The summed E-state index contributed by atoms with van der Waals surface area (Å²) >= 11 is 0. The van der Waals surface area contributed by atoms with Gasteiger partial charge in [0, 0.05) is 24.8 Å². The Hall–Kier alpha value is -1.74. The molecular weight excluding hydrogens is 260 g/mol. The zero-order chi connectivity index (χ0) is 15.2. The van der Waals surface area contributed by atoms with Gasteiger partial charge in [0.25, 0.3) is 0 Å². The monoisotopic (exact) mass is 286 g/mol. The third-order valence-corrected chi connectivity index (χ3v) is 3.53. The van der Waals surface area contributed by atoms with E-state index in [9.17, 15) is 0 Å². The Morgan fingerprint density at radius 2 is 2.05 bits per heavy atom. The molecule has 0 atom stereocenters. The van der Waals surface area contributed by atoms with Crippen LogP contribution in [0.2, 0.25) is 0 Å². The minimum atomic E-state index is 0.651. The number of nitrogens with zero attached hydrogens (tertiary/aromatic N) is 1. The first-order valence-corrected chi connectivity index (χ1v) is 7.60. The highest BCUT2D eigenvalue weighted by Gasteiger charge is 2.10. The smallest absolute Gasteiger partial charge is 0.122 e. The third-order valence-electron chi connectivity index (χ3n) is 3.53. The number of hydrogen-bond donors (Lipinski definition) is 1. The van der Waals surface area contributed by atoms with Gasteiger partial charge in [0.05, 0.1) is 12.8 Å². The van der Waals surface area contributed by atoms with Crippen molar-refractivity contribution in [3.05, 3.63) is 53.5 Å². The molecule has 0 aliphatic heterocycles. The van der Waals surface area contributed by atoms with E-state index < -0.39 is 0 Å². The minimum Gasteiger partial charge on any atom is -0.468 e. The summed E-state index contributed by atoms with van der Waals surface area (Å²) in [5.74, 6) is 1.69. The third kappa shape index (κ3) is 4.64. The van der Waals surface area contributed by atoms with Gasteiger partial charge in [0.1, 0.15) is 5.76 Å². The molecule has 2 rings (SSSR count). The van der Waals surface area contributed by atoms with Crippen LogP contribution in [0.25, 0.3) is 0 Å². The molecule has 0 amide bonds.